The second-order valence-electron chi connectivity index (χ2n) is 5.04. The second-order valence-corrected chi connectivity index (χ2v) is 5.04. The van der Waals surface area contributed by atoms with E-state index in [0.29, 0.717) is 28.1 Å². The van der Waals surface area contributed by atoms with Crippen LogP contribution < -0.4 is 0 Å². The summed E-state index contributed by atoms with van der Waals surface area (Å²) in [6.07, 6.45) is 0.144. The molecule has 0 saturated heterocycles. The largest absolute Gasteiger partial charge is 0.248 e. The molecule has 23 heavy (non-hydrogen) atoms. The van der Waals surface area contributed by atoms with E-state index in [4.69, 9.17) is 5.26 Å². The van der Waals surface area contributed by atoms with Crippen molar-refractivity contribution < 1.29 is 8.78 Å². The van der Waals surface area contributed by atoms with Gasteiger partial charge < -0.3 is 0 Å². The van der Waals surface area contributed by atoms with Crippen LogP contribution in [0, 0.1) is 23.0 Å². The molecule has 0 aliphatic carbocycles. The molecule has 1 heterocycles. The van der Waals surface area contributed by atoms with Crippen molar-refractivity contribution in [3.05, 3.63) is 77.9 Å². The Bertz CT molecular complexity index is 834. The summed E-state index contributed by atoms with van der Waals surface area (Å²) >= 11 is 0. The maximum Gasteiger partial charge on any atom is 0.132 e. The van der Waals surface area contributed by atoms with Crippen LogP contribution in [-0.2, 0) is 6.42 Å². The first-order chi connectivity index (χ1) is 11.2. The Balaban J connectivity index is 2.21. The summed E-state index contributed by atoms with van der Waals surface area (Å²) < 4.78 is 28.1. The summed E-state index contributed by atoms with van der Waals surface area (Å²) in [6.45, 7) is 0. The molecule has 3 aromatic rings. The van der Waals surface area contributed by atoms with Crippen molar-refractivity contribution in [1.82, 2.24) is 4.98 Å². The zero-order chi connectivity index (χ0) is 16.2. The maximum atomic E-state index is 14.0. The van der Waals surface area contributed by atoms with Crippen LogP contribution in [0.2, 0.25) is 0 Å². The molecule has 0 radical (unpaired) electrons. The number of benzene rings is 2. The van der Waals surface area contributed by atoms with E-state index >= 15 is 0 Å². The van der Waals surface area contributed by atoms with Crippen LogP contribution in [0.4, 0.5) is 8.78 Å². The summed E-state index contributed by atoms with van der Waals surface area (Å²) in [6, 6.07) is 17.9. The van der Waals surface area contributed by atoms with E-state index in [1.807, 2.05) is 0 Å². The highest BCUT2D eigenvalue weighted by Gasteiger charge is 2.12. The van der Waals surface area contributed by atoms with Crippen molar-refractivity contribution in [2.24, 2.45) is 0 Å². The predicted octanol–water partition coefficient (Wildman–Crippen LogP) is 4.76. The van der Waals surface area contributed by atoms with Gasteiger partial charge in [0, 0.05) is 11.1 Å². The van der Waals surface area contributed by atoms with E-state index in [9.17, 15) is 8.78 Å². The fourth-order valence-electron chi connectivity index (χ4n) is 2.39. The molecule has 3 rings (SSSR count). The van der Waals surface area contributed by atoms with Crippen molar-refractivity contribution in [1.29, 1.82) is 5.26 Å². The quantitative estimate of drug-likeness (QED) is 0.699. The van der Waals surface area contributed by atoms with Gasteiger partial charge in [0.1, 0.15) is 11.6 Å². The Morgan fingerprint density at radius 3 is 1.74 bits per heavy atom. The standard InChI is InChI=1S/C19H12F2N2/c20-16-7-3-1-5-14(16)18-11-13(9-10-22)12-19(23-18)15-6-2-4-8-17(15)21/h1-8,11-12H,9H2. The van der Waals surface area contributed by atoms with E-state index < -0.39 is 11.6 Å². The lowest BCUT2D eigenvalue weighted by Crippen LogP contribution is -1.96. The average molecular weight is 306 g/mol. The van der Waals surface area contributed by atoms with Gasteiger partial charge in [-0.25, -0.2) is 13.8 Å². The molecule has 2 nitrogen and oxygen atoms in total. The Morgan fingerprint density at radius 1 is 0.826 bits per heavy atom. The summed E-state index contributed by atoms with van der Waals surface area (Å²) in [5, 5.41) is 8.93. The molecule has 0 saturated carbocycles. The number of aromatic nitrogens is 1. The summed E-state index contributed by atoms with van der Waals surface area (Å²) in [7, 11) is 0. The first-order valence-corrected chi connectivity index (χ1v) is 7.07. The Morgan fingerprint density at radius 2 is 1.30 bits per heavy atom. The van der Waals surface area contributed by atoms with Gasteiger partial charge in [0.05, 0.1) is 23.9 Å². The van der Waals surface area contributed by atoms with Gasteiger partial charge in [-0.15, -0.1) is 0 Å². The van der Waals surface area contributed by atoms with Gasteiger partial charge in [0.2, 0.25) is 0 Å². The lowest BCUT2D eigenvalue weighted by molar-refractivity contribution is 0.630. The van der Waals surface area contributed by atoms with Gasteiger partial charge >= 0.3 is 0 Å². The summed E-state index contributed by atoms with van der Waals surface area (Å²) in [5.74, 6) is -0.817. The maximum absolute atomic E-state index is 14.0. The highest BCUT2D eigenvalue weighted by Crippen LogP contribution is 2.28. The van der Waals surface area contributed by atoms with Crippen LogP contribution in [0.25, 0.3) is 22.5 Å². The van der Waals surface area contributed by atoms with Crippen LogP contribution in [0.5, 0.6) is 0 Å². The van der Waals surface area contributed by atoms with Crippen molar-refractivity contribution >= 4 is 0 Å². The number of rotatable bonds is 3. The number of hydrogen-bond acceptors (Lipinski definition) is 2. The van der Waals surface area contributed by atoms with Crippen molar-refractivity contribution in [2.45, 2.75) is 6.42 Å². The van der Waals surface area contributed by atoms with Gasteiger partial charge in [0.15, 0.2) is 0 Å². The third-order valence-electron chi connectivity index (χ3n) is 3.47. The normalized spacial score (nSPS) is 10.3. The molecule has 0 unspecified atom stereocenters. The fourth-order valence-corrected chi connectivity index (χ4v) is 2.39. The third-order valence-corrected chi connectivity index (χ3v) is 3.47. The molecule has 0 aliphatic heterocycles. The molecule has 0 spiro atoms. The molecule has 0 N–H and O–H groups in total. The van der Waals surface area contributed by atoms with Gasteiger partial charge in [-0.1, -0.05) is 24.3 Å². The number of nitriles is 1. The molecule has 0 aliphatic rings. The van der Waals surface area contributed by atoms with Crippen LogP contribution in [-0.4, -0.2) is 4.98 Å². The SMILES string of the molecule is N#CCc1cc(-c2ccccc2F)nc(-c2ccccc2F)c1. The molecule has 112 valence electrons. The lowest BCUT2D eigenvalue weighted by Gasteiger charge is -2.09. The smallest absolute Gasteiger partial charge is 0.132 e. The van der Waals surface area contributed by atoms with E-state index in [0.717, 1.165) is 0 Å². The van der Waals surface area contributed by atoms with Crippen molar-refractivity contribution in [3.8, 4) is 28.6 Å². The minimum atomic E-state index is -0.409. The Hall–Kier alpha value is -3.06. The van der Waals surface area contributed by atoms with E-state index in [-0.39, 0.29) is 6.42 Å². The highest BCUT2D eigenvalue weighted by atomic mass is 19.1. The van der Waals surface area contributed by atoms with E-state index in [1.165, 1.54) is 12.1 Å². The summed E-state index contributed by atoms with van der Waals surface area (Å²) in [4.78, 5) is 4.39. The van der Waals surface area contributed by atoms with Crippen LogP contribution >= 0.6 is 0 Å². The van der Waals surface area contributed by atoms with Crippen LogP contribution in [0.15, 0.2) is 60.7 Å². The molecule has 0 atom stereocenters. The molecule has 1 aromatic heterocycles. The minimum Gasteiger partial charge on any atom is -0.248 e. The Labute approximate surface area is 132 Å². The van der Waals surface area contributed by atoms with Crippen molar-refractivity contribution in [2.75, 3.05) is 0 Å². The number of halogens is 2. The predicted molar refractivity (Wildman–Crippen MR) is 84.3 cm³/mol. The first-order valence-electron chi connectivity index (χ1n) is 7.07. The third kappa shape index (κ3) is 3.09. The highest BCUT2D eigenvalue weighted by molar-refractivity contribution is 5.68. The zero-order valence-corrected chi connectivity index (χ0v) is 12.1. The monoisotopic (exact) mass is 306 g/mol. The molecule has 0 bridgehead atoms. The molecule has 4 heteroatoms. The first kappa shape index (κ1) is 14.9. The Kier molecular flexibility index (Phi) is 4.11. The number of hydrogen-bond donors (Lipinski definition) is 0. The van der Waals surface area contributed by atoms with E-state index in [2.05, 4.69) is 11.1 Å². The summed E-state index contributed by atoms with van der Waals surface area (Å²) in [5.41, 5.74) is 2.08. The zero-order valence-electron chi connectivity index (χ0n) is 12.1. The van der Waals surface area contributed by atoms with Crippen LogP contribution in [0.1, 0.15) is 5.56 Å². The van der Waals surface area contributed by atoms with E-state index in [1.54, 1.807) is 48.5 Å². The van der Waals surface area contributed by atoms with Gasteiger partial charge in [-0.2, -0.15) is 5.26 Å². The molecular weight excluding hydrogens is 294 g/mol. The molecular formula is C19H12F2N2. The lowest BCUT2D eigenvalue weighted by atomic mass is 10.0. The van der Waals surface area contributed by atoms with Gasteiger partial charge in [-0.3, -0.25) is 0 Å². The van der Waals surface area contributed by atoms with Gasteiger partial charge in [-0.05, 0) is 42.0 Å². The number of pyridine rings is 1. The minimum absolute atomic E-state index is 0.144. The number of nitrogens with zero attached hydrogens (tertiary/aromatic N) is 2. The van der Waals surface area contributed by atoms with Crippen LogP contribution in [0.3, 0.4) is 0 Å². The molecule has 0 fully saturated rings. The topological polar surface area (TPSA) is 36.7 Å². The van der Waals surface area contributed by atoms with Gasteiger partial charge in [0.25, 0.3) is 0 Å². The molecule has 2 aromatic carbocycles. The molecule has 0 amide bonds. The average Bonchev–Trinajstić information content (AvgIpc) is 2.56. The fraction of sp³-hybridized carbons (Fsp3) is 0.0526. The second kappa shape index (κ2) is 6.37. The van der Waals surface area contributed by atoms with Crippen molar-refractivity contribution in [3.63, 3.8) is 0 Å².